The van der Waals surface area contributed by atoms with Crippen LogP contribution in [-0.2, 0) is 4.74 Å². The van der Waals surface area contributed by atoms with Crippen LogP contribution < -0.4 is 10.1 Å². The van der Waals surface area contributed by atoms with Crippen LogP contribution in [0.1, 0.15) is 47.9 Å². The van der Waals surface area contributed by atoms with Crippen molar-refractivity contribution in [1.82, 2.24) is 9.80 Å². The zero-order chi connectivity index (χ0) is 25.5. The molecule has 2 aromatic carbocycles. The second-order valence-corrected chi connectivity index (χ2v) is 9.27. The third kappa shape index (κ3) is 6.80. The number of amides is 2. The first-order valence-corrected chi connectivity index (χ1v) is 12.1. The van der Waals surface area contributed by atoms with Crippen LogP contribution in [0.5, 0.6) is 5.75 Å². The van der Waals surface area contributed by atoms with E-state index in [1.54, 1.807) is 37.3 Å². The Morgan fingerprint density at radius 3 is 2.66 bits per heavy atom. The summed E-state index contributed by atoms with van der Waals surface area (Å²) < 4.78 is 25.4. The van der Waals surface area contributed by atoms with E-state index >= 15 is 0 Å². The number of carbonyl (C=O) groups is 2. The first kappa shape index (κ1) is 26.6. The Morgan fingerprint density at radius 2 is 1.97 bits per heavy atom. The molecule has 3 rings (SSSR count). The van der Waals surface area contributed by atoms with Gasteiger partial charge >= 0.3 is 0 Å². The predicted molar refractivity (Wildman–Crippen MR) is 135 cm³/mol. The van der Waals surface area contributed by atoms with Crippen molar-refractivity contribution in [3.63, 3.8) is 0 Å². The number of rotatable bonds is 5. The number of anilines is 1. The van der Waals surface area contributed by atoms with Crippen LogP contribution in [0.15, 0.2) is 42.5 Å². The van der Waals surface area contributed by atoms with E-state index in [-0.39, 0.29) is 29.5 Å². The van der Waals surface area contributed by atoms with E-state index in [0.717, 1.165) is 19.5 Å². The van der Waals surface area contributed by atoms with Gasteiger partial charge in [0.1, 0.15) is 18.2 Å². The maximum Gasteiger partial charge on any atom is 0.257 e. The Balaban J connectivity index is 1.92. The van der Waals surface area contributed by atoms with Gasteiger partial charge in [-0.15, -0.1) is 0 Å². The van der Waals surface area contributed by atoms with Gasteiger partial charge in [-0.1, -0.05) is 19.9 Å². The smallest absolute Gasteiger partial charge is 0.257 e. The molecule has 0 bridgehead atoms. The SMILES string of the molecule is CCCN1C[C@H](C)[C@H](OC)CN(C)C(=O)c2cc(NC(=O)c3cccc(F)c3)ccc2OC[C@H]1C. The maximum atomic E-state index is 13.5. The molecule has 35 heavy (non-hydrogen) atoms. The topological polar surface area (TPSA) is 71.1 Å². The molecule has 0 aromatic heterocycles. The van der Waals surface area contributed by atoms with Gasteiger partial charge in [0.25, 0.3) is 11.8 Å². The Labute approximate surface area is 207 Å². The summed E-state index contributed by atoms with van der Waals surface area (Å²) in [5, 5.41) is 2.75. The van der Waals surface area contributed by atoms with Gasteiger partial charge in [-0.3, -0.25) is 14.5 Å². The first-order chi connectivity index (χ1) is 16.7. The van der Waals surface area contributed by atoms with Crippen molar-refractivity contribution in [1.29, 1.82) is 0 Å². The highest BCUT2D eigenvalue weighted by atomic mass is 19.1. The van der Waals surface area contributed by atoms with Crippen LogP contribution in [0, 0.1) is 11.7 Å². The molecule has 1 aliphatic heterocycles. The van der Waals surface area contributed by atoms with Gasteiger partial charge in [0, 0.05) is 44.5 Å². The number of benzene rings is 2. The second kappa shape index (κ2) is 12.1. The average molecular weight is 486 g/mol. The van der Waals surface area contributed by atoms with Crippen LogP contribution in [0.4, 0.5) is 10.1 Å². The van der Waals surface area contributed by atoms with E-state index < -0.39 is 11.7 Å². The molecule has 7 nitrogen and oxygen atoms in total. The molecule has 0 fully saturated rings. The number of ether oxygens (including phenoxy) is 2. The third-order valence-corrected chi connectivity index (χ3v) is 6.43. The average Bonchev–Trinajstić information content (AvgIpc) is 2.84. The summed E-state index contributed by atoms with van der Waals surface area (Å²) in [7, 11) is 3.41. The summed E-state index contributed by atoms with van der Waals surface area (Å²) >= 11 is 0. The van der Waals surface area contributed by atoms with Crippen molar-refractivity contribution in [2.45, 2.75) is 39.3 Å². The minimum absolute atomic E-state index is 0.129. The fourth-order valence-corrected chi connectivity index (χ4v) is 4.36. The molecule has 2 amide bonds. The van der Waals surface area contributed by atoms with Gasteiger partial charge in [-0.25, -0.2) is 4.39 Å². The molecule has 0 radical (unpaired) electrons. The van der Waals surface area contributed by atoms with Gasteiger partial charge in [0.2, 0.25) is 0 Å². The summed E-state index contributed by atoms with van der Waals surface area (Å²) in [4.78, 5) is 30.1. The lowest BCUT2D eigenvalue weighted by Gasteiger charge is -2.35. The van der Waals surface area contributed by atoms with Gasteiger partial charge < -0.3 is 19.7 Å². The number of fused-ring (bicyclic) bond motifs is 1. The summed E-state index contributed by atoms with van der Waals surface area (Å²) in [6.45, 7) is 9.05. The quantitative estimate of drug-likeness (QED) is 0.684. The van der Waals surface area contributed by atoms with Crippen LogP contribution in [-0.4, -0.2) is 74.2 Å². The van der Waals surface area contributed by atoms with Crippen molar-refractivity contribution in [3.8, 4) is 5.75 Å². The number of hydrogen-bond donors (Lipinski definition) is 1. The van der Waals surface area contributed by atoms with Gasteiger partial charge in [0.05, 0.1) is 11.7 Å². The van der Waals surface area contributed by atoms with Crippen LogP contribution in [0.25, 0.3) is 0 Å². The van der Waals surface area contributed by atoms with E-state index in [4.69, 9.17) is 9.47 Å². The fraction of sp³-hybridized carbons (Fsp3) is 0.481. The Kier molecular flexibility index (Phi) is 9.23. The molecule has 8 heteroatoms. The molecule has 0 spiro atoms. The van der Waals surface area contributed by atoms with Crippen molar-refractivity contribution in [3.05, 3.63) is 59.4 Å². The number of halogens is 1. The molecule has 1 aliphatic rings. The summed E-state index contributed by atoms with van der Waals surface area (Å²) in [6.07, 6.45) is 0.896. The van der Waals surface area contributed by atoms with Gasteiger partial charge in [-0.05, 0) is 62.2 Å². The fourth-order valence-electron chi connectivity index (χ4n) is 4.36. The highest BCUT2D eigenvalue weighted by molar-refractivity contribution is 6.05. The third-order valence-electron chi connectivity index (χ3n) is 6.43. The minimum atomic E-state index is -0.492. The van der Waals surface area contributed by atoms with Gasteiger partial charge in [-0.2, -0.15) is 0 Å². The summed E-state index contributed by atoms with van der Waals surface area (Å²) in [5.74, 6) is -0.517. The molecule has 1 heterocycles. The van der Waals surface area contributed by atoms with E-state index in [2.05, 4.69) is 31.0 Å². The van der Waals surface area contributed by atoms with Crippen molar-refractivity contribution < 1.29 is 23.5 Å². The lowest BCUT2D eigenvalue weighted by molar-refractivity contribution is 0.0108. The number of nitrogens with one attached hydrogen (secondary N) is 1. The second-order valence-electron chi connectivity index (χ2n) is 9.27. The van der Waals surface area contributed by atoms with Gasteiger partial charge in [0.15, 0.2) is 0 Å². The lowest BCUT2D eigenvalue weighted by atomic mass is 10.0. The zero-order valence-electron chi connectivity index (χ0n) is 21.2. The number of methoxy groups -OCH3 is 1. The molecular formula is C27H36FN3O4. The van der Waals surface area contributed by atoms with Crippen molar-refractivity contribution in [2.24, 2.45) is 5.92 Å². The number of hydrogen-bond acceptors (Lipinski definition) is 5. The molecule has 0 unspecified atom stereocenters. The molecule has 0 saturated heterocycles. The van der Waals surface area contributed by atoms with Crippen LogP contribution in [0.3, 0.4) is 0 Å². The monoisotopic (exact) mass is 485 g/mol. The number of nitrogens with zero attached hydrogens (tertiary/aromatic N) is 2. The standard InChI is InChI=1S/C27H36FN3O4/c1-6-12-31-15-18(2)25(34-5)16-30(4)27(33)23-14-22(10-11-24(23)35-17-19(31)3)29-26(32)20-8-7-9-21(28)13-20/h7-11,13-14,18-19,25H,6,12,15-17H2,1-5H3,(H,29,32)/t18-,19+,25+/m0/s1. The molecule has 2 aromatic rings. The minimum Gasteiger partial charge on any atom is -0.491 e. The van der Waals surface area contributed by atoms with Crippen molar-refractivity contribution >= 4 is 17.5 Å². The summed E-state index contributed by atoms with van der Waals surface area (Å²) in [5.41, 5.74) is 0.967. The van der Waals surface area contributed by atoms with Crippen LogP contribution >= 0.6 is 0 Å². The molecule has 0 aliphatic carbocycles. The predicted octanol–water partition coefficient (Wildman–Crippen LogP) is 4.29. The molecule has 1 N–H and O–H groups in total. The zero-order valence-corrected chi connectivity index (χ0v) is 21.2. The van der Waals surface area contributed by atoms with Crippen molar-refractivity contribution in [2.75, 3.05) is 45.7 Å². The Bertz CT molecular complexity index is 1030. The Morgan fingerprint density at radius 1 is 1.20 bits per heavy atom. The van der Waals surface area contributed by atoms with Crippen LogP contribution in [0.2, 0.25) is 0 Å². The number of carbonyl (C=O) groups excluding carboxylic acids is 2. The molecular weight excluding hydrogens is 449 g/mol. The first-order valence-electron chi connectivity index (χ1n) is 12.1. The molecule has 190 valence electrons. The molecule has 0 saturated carbocycles. The highest BCUT2D eigenvalue weighted by Gasteiger charge is 2.28. The normalized spacial score (nSPS) is 21.9. The number of likely N-dealkylation sites (N-methyl/N-ethyl adjacent to an activating group) is 1. The van der Waals surface area contributed by atoms with E-state index in [1.807, 2.05) is 0 Å². The maximum absolute atomic E-state index is 13.5. The van der Waals surface area contributed by atoms with E-state index in [9.17, 15) is 14.0 Å². The molecule has 3 atom stereocenters. The highest BCUT2D eigenvalue weighted by Crippen LogP contribution is 2.27. The largest absolute Gasteiger partial charge is 0.491 e. The lowest BCUT2D eigenvalue weighted by Crippen LogP contribution is -2.46. The Hall–Kier alpha value is -2.97. The van der Waals surface area contributed by atoms with E-state index in [1.165, 1.54) is 24.3 Å². The summed E-state index contributed by atoms with van der Waals surface area (Å²) in [6, 6.07) is 10.6. The van der Waals surface area contributed by atoms with E-state index in [0.29, 0.717) is 30.2 Å².